The highest BCUT2D eigenvalue weighted by molar-refractivity contribution is 9.10. The van der Waals surface area contributed by atoms with Gasteiger partial charge in [-0.25, -0.2) is 4.79 Å². The second kappa shape index (κ2) is 4.03. The van der Waals surface area contributed by atoms with Crippen LogP contribution in [-0.4, -0.2) is 0 Å². The van der Waals surface area contributed by atoms with Crippen molar-refractivity contribution in [2.75, 3.05) is 0 Å². The largest absolute Gasteiger partial charge is 0.423 e. The van der Waals surface area contributed by atoms with Crippen molar-refractivity contribution < 1.29 is 4.42 Å². The van der Waals surface area contributed by atoms with Crippen molar-refractivity contribution in [3.8, 4) is 11.3 Å². The summed E-state index contributed by atoms with van der Waals surface area (Å²) in [5.74, 6) is 0.582. The molecule has 0 atom stereocenters. The monoisotopic (exact) mass is 264 g/mol. The standard InChI is InChI=1S/C12H9BrO2/c1-8-3-2-4-9(5-8)11-6-10(13)7-12(14)15-11/h2-7H,1H3. The molecule has 0 radical (unpaired) electrons. The van der Waals surface area contributed by atoms with E-state index in [1.54, 1.807) is 6.07 Å². The van der Waals surface area contributed by atoms with Crippen LogP contribution in [0, 0.1) is 6.92 Å². The minimum Gasteiger partial charge on any atom is -0.423 e. The second-order valence-electron chi connectivity index (χ2n) is 3.33. The second-order valence-corrected chi connectivity index (χ2v) is 4.24. The molecule has 1 aromatic carbocycles. The number of rotatable bonds is 1. The average Bonchev–Trinajstić information content (AvgIpc) is 2.16. The fourth-order valence-electron chi connectivity index (χ4n) is 1.39. The van der Waals surface area contributed by atoms with E-state index in [2.05, 4.69) is 15.9 Å². The number of hydrogen-bond donors (Lipinski definition) is 0. The van der Waals surface area contributed by atoms with E-state index in [9.17, 15) is 4.79 Å². The predicted octanol–water partition coefficient (Wildman–Crippen LogP) is 3.38. The van der Waals surface area contributed by atoms with Gasteiger partial charge in [0.05, 0.1) is 0 Å². The minimum atomic E-state index is -0.346. The molecule has 0 fully saturated rings. The molecule has 0 spiro atoms. The van der Waals surface area contributed by atoms with E-state index >= 15 is 0 Å². The maximum atomic E-state index is 11.2. The van der Waals surface area contributed by atoms with Crippen molar-refractivity contribution in [1.82, 2.24) is 0 Å². The Bertz CT molecular complexity index is 543. The van der Waals surface area contributed by atoms with Crippen LogP contribution in [0.3, 0.4) is 0 Å². The summed E-state index contributed by atoms with van der Waals surface area (Å²) in [6.45, 7) is 2.00. The van der Waals surface area contributed by atoms with E-state index in [1.165, 1.54) is 6.07 Å². The van der Waals surface area contributed by atoms with Gasteiger partial charge in [0.25, 0.3) is 0 Å². The normalized spacial score (nSPS) is 10.3. The molecule has 3 heteroatoms. The van der Waals surface area contributed by atoms with Crippen LogP contribution in [0.15, 0.2) is 50.1 Å². The fraction of sp³-hybridized carbons (Fsp3) is 0.0833. The Morgan fingerprint density at radius 2 is 2.00 bits per heavy atom. The molecule has 0 saturated heterocycles. The first-order chi connectivity index (χ1) is 7.15. The van der Waals surface area contributed by atoms with Crippen molar-refractivity contribution in [3.05, 3.63) is 56.9 Å². The Kier molecular flexibility index (Phi) is 2.73. The first-order valence-electron chi connectivity index (χ1n) is 4.53. The van der Waals surface area contributed by atoms with Crippen LogP contribution in [-0.2, 0) is 0 Å². The van der Waals surface area contributed by atoms with Crippen molar-refractivity contribution >= 4 is 15.9 Å². The van der Waals surface area contributed by atoms with Gasteiger partial charge < -0.3 is 4.42 Å². The summed E-state index contributed by atoms with van der Waals surface area (Å²) in [4.78, 5) is 11.2. The van der Waals surface area contributed by atoms with Crippen molar-refractivity contribution in [2.45, 2.75) is 6.92 Å². The molecule has 1 aromatic heterocycles. The molecule has 0 amide bonds. The predicted molar refractivity (Wildman–Crippen MR) is 62.9 cm³/mol. The molecular weight excluding hydrogens is 256 g/mol. The topological polar surface area (TPSA) is 30.2 Å². The van der Waals surface area contributed by atoms with Gasteiger partial charge in [-0.15, -0.1) is 0 Å². The Hall–Kier alpha value is -1.35. The van der Waals surface area contributed by atoms with Gasteiger partial charge in [0, 0.05) is 16.1 Å². The first kappa shape index (κ1) is 10.2. The quantitative estimate of drug-likeness (QED) is 0.791. The molecule has 0 aliphatic heterocycles. The molecule has 0 bridgehead atoms. The lowest BCUT2D eigenvalue weighted by Crippen LogP contribution is -1.96. The van der Waals surface area contributed by atoms with Gasteiger partial charge in [0.2, 0.25) is 0 Å². The molecular formula is C12H9BrO2. The molecule has 76 valence electrons. The van der Waals surface area contributed by atoms with Gasteiger partial charge in [-0.05, 0) is 19.1 Å². The summed E-state index contributed by atoms with van der Waals surface area (Å²) in [5.41, 5.74) is 1.70. The average molecular weight is 265 g/mol. The summed E-state index contributed by atoms with van der Waals surface area (Å²) in [6.07, 6.45) is 0. The molecule has 2 nitrogen and oxygen atoms in total. The zero-order chi connectivity index (χ0) is 10.8. The molecule has 0 saturated carbocycles. The van der Waals surface area contributed by atoms with Crippen LogP contribution in [0.4, 0.5) is 0 Å². The third-order valence-electron chi connectivity index (χ3n) is 2.04. The first-order valence-corrected chi connectivity index (χ1v) is 5.32. The summed E-state index contributed by atoms with van der Waals surface area (Å²) in [7, 11) is 0. The van der Waals surface area contributed by atoms with Crippen molar-refractivity contribution in [3.63, 3.8) is 0 Å². The van der Waals surface area contributed by atoms with Gasteiger partial charge in [-0.3, -0.25) is 0 Å². The van der Waals surface area contributed by atoms with Crippen LogP contribution >= 0.6 is 15.9 Å². The van der Waals surface area contributed by atoms with E-state index in [-0.39, 0.29) is 5.63 Å². The van der Waals surface area contributed by atoms with E-state index < -0.39 is 0 Å². The van der Waals surface area contributed by atoms with Crippen LogP contribution in [0.2, 0.25) is 0 Å². The van der Waals surface area contributed by atoms with E-state index in [0.717, 1.165) is 15.6 Å². The molecule has 1 heterocycles. The number of benzene rings is 1. The zero-order valence-corrected chi connectivity index (χ0v) is 9.74. The highest BCUT2D eigenvalue weighted by Crippen LogP contribution is 2.21. The van der Waals surface area contributed by atoms with Crippen LogP contribution in [0.5, 0.6) is 0 Å². The molecule has 2 rings (SSSR count). The van der Waals surface area contributed by atoms with Gasteiger partial charge >= 0.3 is 5.63 Å². The van der Waals surface area contributed by atoms with E-state index in [1.807, 2.05) is 31.2 Å². The third-order valence-corrected chi connectivity index (χ3v) is 2.50. The lowest BCUT2D eigenvalue weighted by atomic mass is 10.1. The smallest absolute Gasteiger partial charge is 0.337 e. The van der Waals surface area contributed by atoms with Gasteiger partial charge in [-0.2, -0.15) is 0 Å². The SMILES string of the molecule is Cc1cccc(-c2cc(Br)cc(=O)o2)c1. The number of halogens is 1. The lowest BCUT2D eigenvalue weighted by Gasteiger charge is -2.01. The maximum Gasteiger partial charge on any atom is 0.337 e. The minimum absolute atomic E-state index is 0.346. The van der Waals surface area contributed by atoms with Crippen molar-refractivity contribution in [1.29, 1.82) is 0 Å². The van der Waals surface area contributed by atoms with Crippen LogP contribution < -0.4 is 5.63 Å². The van der Waals surface area contributed by atoms with Gasteiger partial charge in [-0.1, -0.05) is 39.7 Å². The highest BCUT2D eigenvalue weighted by Gasteiger charge is 2.02. The summed E-state index contributed by atoms with van der Waals surface area (Å²) in [6, 6.07) is 11.0. The number of hydrogen-bond acceptors (Lipinski definition) is 2. The summed E-state index contributed by atoms with van der Waals surface area (Å²) in [5, 5.41) is 0. The maximum absolute atomic E-state index is 11.2. The molecule has 0 aliphatic carbocycles. The van der Waals surface area contributed by atoms with Crippen molar-refractivity contribution in [2.24, 2.45) is 0 Å². The Labute approximate surface area is 95.7 Å². The Balaban J connectivity index is 2.59. The van der Waals surface area contributed by atoms with Gasteiger partial charge in [0.1, 0.15) is 5.76 Å². The lowest BCUT2D eigenvalue weighted by molar-refractivity contribution is 0.524. The Morgan fingerprint density at radius 1 is 1.20 bits per heavy atom. The highest BCUT2D eigenvalue weighted by atomic mass is 79.9. The van der Waals surface area contributed by atoms with Crippen LogP contribution in [0.25, 0.3) is 11.3 Å². The molecule has 2 aromatic rings. The third kappa shape index (κ3) is 2.36. The molecule has 15 heavy (non-hydrogen) atoms. The molecule has 0 aliphatic rings. The molecule has 0 N–H and O–H groups in total. The van der Waals surface area contributed by atoms with E-state index in [0.29, 0.717) is 5.76 Å². The van der Waals surface area contributed by atoms with Gasteiger partial charge in [0.15, 0.2) is 0 Å². The van der Waals surface area contributed by atoms with E-state index in [4.69, 9.17) is 4.42 Å². The summed E-state index contributed by atoms with van der Waals surface area (Å²) < 4.78 is 5.85. The van der Waals surface area contributed by atoms with Crippen LogP contribution in [0.1, 0.15) is 5.56 Å². The fourth-order valence-corrected chi connectivity index (χ4v) is 1.78. The molecule has 0 unspecified atom stereocenters. The Morgan fingerprint density at radius 3 is 2.67 bits per heavy atom. The number of aryl methyl sites for hydroxylation is 1. The zero-order valence-electron chi connectivity index (χ0n) is 8.16. The summed E-state index contributed by atoms with van der Waals surface area (Å²) >= 11 is 3.27.